The first kappa shape index (κ1) is 30.3. The predicted octanol–water partition coefficient (Wildman–Crippen LogP) is 2.33. The number of phenolic OH excluding ortho intramolecular Hbond substituents is 1. The molecule has 11 heteroatoms. The minimum atomic E-state index is -1.12. The maximum atomic E-state index is 11.1. The topological polar surface area (TPSA) is 175 Å². The average Bonchev–Trinajstić information content (AvgIpc) is 2.64. The van der Waals surface area contributed by atoms with Crippen molar-refractivity contribution in [2.75, 3.05) is 0 Å². The highest BCUT2D eigenvalue weighted by atomic mass is 16.7. The molecule has 0 aliphatic rings. The molecule has 2 atom stereocenters. The van der Waals surface area contributed by atoms with Crippen LogP contribution in [-0.2, 0) is 30.5 Å². The van der Waals surface area contributed by atoms with Crippen LogP contribution in [0.1, 0.15) is 59.9 Å². The highest BCUT2D eigenvalue weighted by Crippen LogP contribution is 2.12. The van der Waals surface area contributed by atoms with Crippen LogP contribution in [0.2, 0.25) is 0 Å². The third kappa shape index (κ3) is 16.5. The Bertz CT molecular complexity index is 753. The van der Waals surface area contributed by atoms with Crippen LogP contribution in [0.25, 0.3) is 0 Å². The highest BCUT2D eigenvalue weighted by molar-refractivity contribution is 5.75. The molecule has 33 heavy (non-hydrogen) atoms. The van der Waals surface area contributed by atoms with E-state index in [9.17, 15) is 14.4 Å². The van der Waals surface area contributed by atoms with E-state index in [1.165, 1.54) is 12.1 Å². The van der Waals surface area contributed by atoms with Gasteiger partial charge in [0.2, 0.25) is 0 Å². The Labute approximate surface area is 193 Å². The Hall–Kier alpha value is -2.73. The van der Waals surface area contributed by atoms with Gasteiger partial charge in [0.15, 0.2) is 0 Å². The van der Waals surface area contributed by atoms with Crippen molar-refractivity contribution < 1.29 is 44.5 Å². The fourth-order valence-corrected chi connectivity index (χ4v) is 2.04. The largest absolute Gasteiger partial charge is 0.508 e. The normalized spacial score (nSPS) is 13.4. The second-order valence-electron chi connectivity index (χ2n) is 9.25. The average molecular weight is 473 g/mol. The number of aromatic hydroxyl groups is 1. The lowest BCUT2D eigenvalue weighted by molar-refractivity contribution is -0.152. The molecule has 11 nitrogen and oxygen atoms in total. The van der Waals surface area contributed by atoms with Crippen LogP contribution in [-0.4, -0.2) is 61.6 Å². The fraction of sp³-hybridized carbons (Fsp3) is 0.591. The van der Waals surface area contributed by atoms with Gasteiger partial charge in [-0.05, 0) is 65.7 Å². The van der Waals surface area contributed by atoms with Gasteiger partial charge in [-0.3, -0.25) is 24.1 Å². The smallest absolute Gasteiger partial charge is 0.323 e. The molecule has 2 unspecified atom stereocenters. The molecule has 0 spiro atoms. The minimum Gasteiger partial charge on any atom is -0.508 e. The van der Waals surface area contributed by atoms with Crippen LogP contribution >= 0.6 is 0 Å². The summed E-state index contributed by atoms with van der Waals surface area (Å²) in [5, 5.41) is 35.4. The first-order valence-electron chi connectivity index (χ1n) is 10.3. The van der Waals surface area contributed by atoms with Crippen LogP contribution in [0, 0.1) is 0 Å². The Morgan fingerprint density at radius 2 is 1.24 bits per heavy atom. The molecule has 0 heterocycles. The van der Waals surface area contributed by atoms with Crippen molar-refractivity contribution in [3.8, 4) is 5.75 Å². The monoisotopic (exact) mass is 472 g/mol. The number of aliphatic carboxylic acids is 3. The summed E-state index contributed by atoms with van der Waals surface area (Å²) in [5.74, 6) is -2.98. The van der Waals surface area contributed by atoms with E-state index in [4.69, 9.17) is 30.1 Å². The third-order valence-electron chi connectivity index (χ3n) is 3.63. The quantitative estimate of drug-likeness (QED) is 0.261. The molecule has 0 bridgehead atoms. The van der Waals surface area contributed by atoms with Gasteiger partial charge in [-0.2, -0.15) is 11.0 Å². The van der Waals surface area contributed by atoms with E-state index in [1.54, 1.807) is 32.9 Å². The van der Waals surface area contributed by atoms with E-state index in [1.807, 2.05) is 20.8 Å². The van der Waals surface area contributed by atoms with Crippen molar-refractivity contribution in [3.05, 3.63) is 29.8 Å². The predicted molar refractivity (Wildman–Crippen MR) is 119 cm³/mol. The molecule has 0 aliphatic heterocycles. The van der Waals surface area contributed by atoms with Gasteiger partial charge in [0.05, 0.1) is 11.2 Å². The number of carbonyl (C=O) groups is 3. The summed E-state index contributed by atoms with van der Waals surface area (Å²) in [6, 6.07) is 4.60. The number of hydrogen-bond acceptors (Lipinski definition) is 8. The highest BCUT2D eigenvalue weighted by Gasteiger charge is 2.22. The molecular weight excluding hydrogens is 436 g/mol. The molecule has 1 aromatic carbocycles. The van der Waals surface area contributed by atoms with Crippen LogP contribution in [0.15, 0.2) is 24.3 Å². The molecule has 0 fully saturated rings. The molecule has 0 amide bonds. The summed E-state index contributed by atoms with van der Waals surface area (Å²) in [5.41, 5.74) is 4.75. The van der Waals surface area contributed by atoms with Gasteiger partial charge < -0.3 is 20.4 Å². The number of carboxylic acids is 3. The second kappa shape index (κ2) is 13.7. The number of hydrogen-bond donors (Lipinski definition) is 6. The number of hydroxylamine groups is 2. The van der Waals surface area contributed by atoms with Crippen molar-refractivity contribution in [2.24, 2.45) is 0 Å². The molecule has 1 rings (SSSR count). The van der Waals surface area contributed by atoms with Crippen LogP contribution in [0.5, 0.6) is 5.75 Å². The van der Waals surface area contributed by atoms with Crippen LogP contribution < -0.4 is 11.0 Å². The van der Waals surface area contributed by atoms with Gasteiger partial charge in [-0.25, -0.2) is 0 Å². The number of rotatable bonds is 11. The van der Waals surface area contributed by atoms with E-state index >= 15 is 0 Å². The lowest BCUT2D eigenvalue weighted by atomic mass is 10.1. The van der Waals surface area contributed by atoms with E-state index in [2.05, 4.69) is 11.0 Å². The summed E-state index contributed by atoms with van der Waals surface area (Å²) >= 11 is 0. The SMILES string of the molecule is CC(C)(C)ONC(CCC(=O)O)C(=O)O.CC(C)(C)ONC(Cc1ccc(O)cc1)C(=O)O. The van der Waals surface area contributed by atoms with Gasteiger partial charge in [-0.1, -0.05) is 12.1 Å². The minimum absolute atomic E-state index is 0.0131. The summed E-state index contributed by atoms with van der Waals surface area (Å²) in [7, 11) is 0. The lowest BCUT2D eigenvalue weighted by Crippen LogP contribution is -2.42. The Morgan fingerprint density at radius 3 is 1.61 bits per heavy atom. The number of phenols is 1. The summed E-state index contributed by atoms with van der Waals surface area (Å²) < 4.78 is 0. The summed E-state index contributed by atoms with van der Waals surface area (Å²) in [6.07, 6.45) is 0.0594. The Balaban J connectivity index is 0.000000633. The Morgan fingerprint density at radius 1 is 0.818 bits per heavy atom. The number of carboxylic acid groups (broad SMARTS) is 3. The molecular formula is C22H36N2O9. The lowest BCUT2D eigenvalue weighted by Gasteiger charge is -2.23. The van der Waals surface area contributed by atoms with E-state index in [0.717, 1.165) is 5.56 Å². The van der Waals surface area contributed by atoms with Crippen LogP contribution in [0.3, 0.4) is 0 Å². The van der Waals surface area contributed by atoms with Crippen molar-refractivity contribution in [3.63, 3.8) is 0 Å². The maximum Gasteiger partial charge on any atom is 0.323 e. The first-order valence-corrected chi connectivity index (χ1v) is 10.3. The zero-order chi connectivity index (χ0) is 25.8. The summed E-state index contributed by atoms with van der Waals surface area (Å²) in [4.78, 5) is 42.4. The van der Waals surface area contributed by atoms with Gasteiger partial charge in [-0.15, -0.1) is 0 Å². The zero-order valence-electron chi connectivity index (χ0n) is 19.9. The standard InChI is InChI=1S/C13H19NO4.C9H17NO5/c1-13(2,3)18-14-11(12(16)17)8-9-4-6-10(15)7-5-9;1-9(2,3)15-10-6(8(13)14)4-5-7(11)12/h4-7,11,14-15H,8H2,1-3H3,(H,16,17);6,10H,4-5H2,1-3H3,(H,11,12)(H,13,14). The molecule has 0 radical (unpaired) electrons. The number of nitrogens with one attached hydrogen (secondary N) is 2. The second-order valence-corrected chi connectivity index (χ2v) is 9.25. The van der Waals surface area contributed by atoms with Gasteiger partial charge >= 0.3 is 17.9 Å². The van der Waals surface area contributed by atoms with E-state index < -0.39 is 41.2 Å². The third-order valence-corrected chi connectivity index (χ3v) is 3.63. The van der Waals surface area contributed by atoms with Crippen molar-refractivity contribution >= 4 is 17.9 Å². The molecule has 0 saturated heterocycles. The van der Waals surface area contributed by atoms with Crippen molar-refractivity contribution in [2.45, 2.75) is 84.1 Å². The molecule has 188 valence electrons. The molecule has 0 aliphatic carbocycles. The fourth-order valence-electron chi connectivity index (χ4n) is 2.04. The maximum absolute atomic E-state index is 11.1. The molecule has 6 N–H and O–H groups in total. The first-order chi connectivity index (χ1) is 15.0. The van der Waals surface area contributed by atoms with Crippen molar-refractivity contribution in [1.29, 1.82) is 0 Å². The van der Waals surface area contributed by atoms with E-state index in [0.29, 0.717) is 0 Å². The Kier molecular flexibility index (Phi) is 12.6. The molecule has 0 aromatic heterocycles. The van der Waals surface area contributed by atoms with Crippen molar-refractivity contribution in [1.82, 2.24) is 11.0 Å². The van der Waals surface area contributed by atoms with Gasteiger partial charge in [0.1, 0.15) is 17.8 Å². The zero-order valence-corrected chi connectivity index (χ0v) is 19.9. The van der Waals surface area contributed by atoms with Gasteiger partial charge in [0.25, 0.3) is 0 Å². The molecule has 1 aromatic rings. The summed E-state index contributed by atoms with van der Waals surface area (Å²) in [6.45, 7) is 10.8. The van der Waals surface area contributed by atoms with Gasteiger partial charge in [0, 0.05) is 12.8 Å². The van der Waals surface area contributed by atoms with E-state index in [-0.39, 0.29) is 25.0 Å². The molecule has 0 saturated carbocycles. The van der Waals surface area contributed by atoms with Crippen LogP contribution in [0.4, 0.5) is 0 Å². The number of benzene rings is 1.